The summed E-state index contributed by atoms with van der Waals surface area (Å²) in [7, 11) is 0. The van der Waals surface area contributed by atoms with Crippen molar-refractivity contribution in [3.8, 4) is 5.75 Å². The largest absolute Gasteiger partial charge is 0.491 e. The van der Waals surface area contributed by atoms with Gasteiger partial charge < -0.3 is 15.2 Å². The Bertz CT molecular complexity index is 830. The number of nitrogens with one attached hydrogen (secondary N) is 1. The van der Waals surface area contributed by atoms with Gasteiger partial charge in [0.1, 0.15) is 5.75 Å². The monoisotopic (exact) mass is 361 g/mol. The van der Waals surface area contributed by atoms with Crippen LogP contribution in [0.3, 0.4) is 0 Å². The number of hydrogen-bond acceptors (Lipinski definition) is 3. The summed E-state index contributed by atoms with van der Waals surface area (Å²) in [5, 5.41) is 12.3. The van der Waals surface area contributed by atoms with Crippen LogP contribution in [0.15, 0.2) is 30.3 Å². The van der Waals surface area contributed by atoms with E-state index >= 15 is 0 Å². The van der Waals surface area contributed by atoms with E-state index in [9.17, 15) is 9.59 Å². The number of anilines is 1. The Morgan fingerprint density at radius 2 is 1.84 bits per heavy atom. The van der Waals surface area contributed by atoms with E-state index in [0.29, 0.717) is 27.6 Å². The molecule has 132 valence electrons. The number of carboxylic acids is 1. The van der Waals surface area contributed by atoms with E-state index in [4.69, 9.17) is 21.4 Å². The lowest BCUT2D eigenvalue weighted by Gasteiger charge is -2.15. The van der Waals surface area contributed by atoms with E-state index in [1.807, 2.05) is 20.8 Å². The van der Waals surface area contributed by atoms with Gasteiger partial charge in [-0.1, -0.05) is 11.6 Å². The molecule has 2 rings (SSSR count). The molecule has 2 aromatic rings. The van der Waals surface area contributed by atoms with Gasteiger partial charge in [0.2, 0.25) is 0 Å². The summed E-state index contributed by atoms with van der Waals surface area (Å²) in [5.41, 5.74) is 2.41. The molecule has 0 heterocycles. The van der Waals surface area contributed by atoms with Crippen molar-refractivity contribution in [3.05, 3.63) is 57.6 Å². The van der Waals surface area contributed by atoms with Gasteiger partial charge in [-0.2, -0.15) is 0 Å². The normalized spacial score (nSPS) is 10.6. The molecule has 25 heavy (non-hydrogen) atoms. The molecule has 0 radical (unpaired) electrons. The van der Waals surface area contributed by atoms with Gasteiger partial charge in [-0.3, -0.25) is 4.79 Å². The summed E-state index contributed by atoms with van der Waals surface area (Å²) >= 11 is 6.21. The van der Waals surface area contributed by atoms with E-state index in [1.165, 1.54) is 6.07 Å². The summed E-state index contributed by atoms with van der Waals surface area (Å²) in [6.45, 7) is 7.30. The lowest BCUT2D eigenvalue weighted by Crippen LogP contribution is -2.14. The molecule has 0 unspecified atom stereocenters. The summed E-state index contributed by atoms with van der Waals surface area (Å²) in [4.78, 5) is 23.6. The third-order valence-electron chi connectivity index (χ3n) is 3.64. The average Bonchev–Trinajstić information content (AvgIpc) is 2.50. The second kappa shape index (κ2) is 7.57. The molecular formula is C19H20ClNO4. The average molecular weight is 362 g/mol. The molecule has 0 spiro atoms. The molecule has 0 atom stereocenters. The highest BCUT2D eigenvalue weighted by atomic mass is 35.5. The minimum absolute atomic E-state index is 0.0423. The van der Waals surface area contributed by atoms with Crippen LogP contribution in [0.2, 0.25) is 5.02 Å². The van der Waals surface area contributed by atoms with E-state index in [2.05, 4.69) is 5.32 Å². The number of carbonyl (C=O) groups excluding carboxylic acids is 1. The van der Waals surface area contributed by atoms with Crippen molar-refractivity contribution in [3.63, 3.8) is 0 Å². The molecular weight excluding hydrogens is 342 g/mol. The van der Waals surface area contributed by atoms with Crippen LogP contribution in [0.25, 0.3) is 0 Å². The van der Waals surface area contributed by atoms with E-state index < -0.39 is 5.97 Å². The third-order valence-corrected chi connectivity index (χ3v) is 4.03. The molecule has 0 fully saturated rings. The minimum Gasteiger partial charge on any atom is -0.491 e. The Hall–Kier alpha value is -2.53. The molecule has 0 aromatic heterocycles. The molecule has 0 aliphatic heterocycles. The first-order valence-corrected chi connectivity index (χ1v) is 8.19. The molecule has 0 aliphatic rings. The number of aromatic carboxylic acids is 1. The quantitative estimate of drug-likeness (QED) is 0.809. The standard InChI is InChI=1S/C19H20ClNO4/c1-10(2)25-17-9-13(8-16(20)12(17)4)18(22)21-14-5-6-15(19(23)24)11(3)7-14/h5-10H,1-4H3,(H,21,22)(H,23,24). The topological polar surface area (TPSA) is 75.6 Å². The molecule has 0 aliphatic carbocycles. The lowest BCUT2D eigenvalue weighted by molar-refractivity contribution is 0.0696. The van der Waals surface area contributed by atoms with Gasteiger partial charge in [0, 0.05) is 21.8 Å². The first-order valence-electron chi connectivity index (χ1n) is 7.81. The number of carboxylic acid groups (broad SMARTS) is 1. The number of aryl methyl sites for hydroxylation is 1. The first-order chi connectivity index (χ1) is 11.7. The zero-order valence-corrected chi connectivity index (χ0v) is 15.3. The maximum Gasteiger partial charge on any atom is 0.335 e. The second-order valence-corrected chi connectivity index (χ2v) is 6.44. The summed E-state index contributed by atoms with van der Waals surface area (Å²) in [5.74, 6) is -0.792. The smallest absolute Gasteiger partial charge is 0.335 e. The summed E-state index contributed by atoms with van der Waals surface area (Å²) < 4.78 is 5.70. The van der Waals surface area contributed by atoms with Crippen molar-refractivity contribution in [2.45, 2.75) is 33.8 Å². The Kier molecular flexibility index (Phi) is 5.69. The van der Waals surface area contributed by atoms with Gasteiger partial charge in [-0.25, -0.2) is 4.79 Å². The highest BCUT2D eigenvalue weighted by Crippen LogP contribution is 2.29. The van der Waals surface area contributed by atoms with Crippen LogP contribution in [-0.4, -0.2) is 23.1 Å². The maximum absolute atomic E-state index is 12.5. The van der Waals surface area contributed by atoms with Crippen molar-refractivity contribution in [2.75, 3.05) is 5.32 Å². The molecule has 0 bridgehead atoms. The fourth-order valence-corrected chi connectivity index (χ4v) is 2.56. The second-order valence-electron chi connectivity index (χ2n) is 6.04. The van der Waals surface area contributed by atoms with E-state index in [1.54, 1.807) is 31.2 Å². The van der Waals surface area contributed by atoms with Crippen LogP contribution < -0.4 is 10.1 Å². The SMILES string of the molecule is Cc1cc(NC(=O)c2cc(Cl)c(C)c(OC(C)C)c2)ccc1C(=O)O. The van der Waals surface area contributed by atoms with Crippen molar-refractivity contribution in [2.24, 2.45) is 0 Å². The number of ether oxygens (including phenoxy) is 1. The fourth-order valence-electron chi connectivity index (χ4n) is 2.35. The molecule has 1 amide bonds. The Morgan fingerprint density at radius 3 is 2.40 bits per heavy atom. The Labute approximate surface area is 151 Å². The molecule has 5 nitrogen and oxygen atoms in total. The zero-order chi connectivity index (χ0) is 18.7. The van der Waals surface area contributed by atoms with Gasteiger partial charge in [0.25, 0.3) is 5.91 Å². The van der Waals surface area contributed by atoms with Crippen LogP contribution in [0.4, 0.5) is 5.69 Å². The predicted molar refractivity (Wildman–Crippen MR) is 98.0 cm³/mol. The number of amides is 1. The molecule has 2 N–H and O–H groups in total. The number of carbonyl (C=O) groups is 2. The molecule has 0 saturated carbocycles. The van der Waals surface area contributed by atoms with Gasteiger partial charge >= 0.3 is 5.97 Å². The maximum atomic E-state index is 12.5. The number of halogens is 1. The van der Waals surface area contributed by atoms with Crippen LogP contribution in [0.1, 0.15) is 45.7 Å². The minimum atomic E-state index is -1.00. The first kappa shape index (κ1) is 18.8. The fraction of sp³-hybridized carbons (Fsp3) is 0.263. The Morgan fingerprint density at radius 1 is 1.16 bits per heavy atom. The van der Waals surface area contributed by atoms with Crippen molar-refractivity contribution in [1.82, 2.24) is 0 Å². The summed E-state index contributed by atoms with van der Waals surface area (Å²) in [6.07, 6.45) is -0.0423. The predicted octanol–water partition coefficient (Wildman–Crippen LogP) is 4.69. The van der Waals surface area contributed by atoms with Crippen LogP contribution in [-0.2, 0) is 0 Å². The highest BCUT2D eigenvalue weighted by Gasteiger charge is 2.15. The van der Waals surface area contributed by atoms with Crippen LogP contribution in [0, 0.1) is 13.8 Å². The van der Waals surface area contributed by atoms with Crippen molar-refractivity contribution in [1.29, 1.82) is 0 Å². The molecule has 6 heteroatoms. The van der Waals surface area contributed by atoms with E-state index in [0.717, 1.165) is 5.56 Å². The van der Waals surface area contributed by atoms with Crippen LogP contribution in [0.5, 0.6) is 5.75 Å². The molecule has 0 saturated heterocycles. The highest BCUT2D eigenvalue weighted by molar-refractivity contribution is 6.32. The van der Waals surface area contributed by atoms with Crippen molar-refractivity contribution >= 4 is 29.2 Å². The molecule has 2 aromatic carbocycles. The van der Waals surface area contributed by atoms with E-state index in [-0.39, 0.29) is 17.6 Å². The Balaban J connectivity index is 2.28. The van der Waals surface area contributed by atoms with Crippen molar-refractivity contribution < 1.29 is 19.4 Å². The summed E-state index contributed by atoms with van der Waals surface area (Å²) in [6, 6.07) is 7.86. The number of rotatable bonds is 5. The zero-order valence-electron chi connectivity index (χ0n) is 14.5. The van der Waals surface area contributed by atoms with Gasteiger partial charge in [0.15, 0.2) is 0 Å². The van der Waals surface area contributed by atoms with Gasteiger partial charge in [0.05, 0.1) is 11.7 Å². The third kappa shape index (κ3) is 4.51. The van der Waals surface area contributed by atoms with Crippen LogP contribution >= 0.6 is 11.6 Å². The number of benzene rings is 2. The lowest BCUT2D eigenvalue weighted by atomic mass is 10.1. The van der Waals surface area contributed by atoms with Gasteiger partial charge in [-0.05, 0) is 63.6 Å². The van der Waals surface area contributed by atoms with Gasteiger partial charge in [-0.15, -0.1) is 0 Å². The number of hydrogen-bond donors (Lipinski definition) is 2.